The van der Waals surface area contributed by atoms with Crippen LogP contribution in [0.5, 0.6) is 5.75 Å². The molecule has 0 aliphatic heterocycles. The fourth-order valence-electron chi connectivity index (χ4n) is 3.29. The lowest BCUT2D eigenvalue weighted by Gasteiger charge is -2.14. The van der Waals surface area contributed by atoms with E-state index in [2.05, 4.69) is 10.3 Å². The molecule has 4 aromatic rings. The molecular weight excluding hydrogens is 441 g/mol. The molecule has 168 valence electrons. The second-order valence-electron chi connectivity index (χ2n) is 7.28. The highest BCUT2D eigenvalue weighted by molar-refractivity contribution is 7.99. The van der Waals surface area contributed by atoms with Crippen LogP contribution >= 0.6 is 11.8 Å². The number of halogens is 1. The van der Waals surface area contributed by atoms with Crippen LogP contribution in [-0.4, -0.2) is 27.8 Å². The molecule has 33 heavy (non-hydrogen) atoms. The molecule has 0 radical (unpaired) electrons. The summed E-state index contributed by atoms with van der Waals surface area (Å²) in [5, 5.41) is 3.55. The number of hydrogen-bond acceptors (Lipinski definition) is 5. The number of thioether (sulfide) groups is 1. The molecule has 0 spiro atoms. The lowest BCUT2D eigenvalue weighted by molar-refractivity contribution is -0.113. The van der Waals surface area contributed by atoms with Crippen LogP contribution in [-0.2, 0) is 4.79 Å². The molecule has 1 heterocycles. The third kappa shape index (κ3) is 5.06. The first kappa shape index (κ1) is 22.5. The summed E-state index contributed by atoms with van der Waals surface area (Å²) in [5.41, 5.74) is 1.81. The first-order valence-corrected chi connectivity index (χ1v) is 11.4. The smallest absolute Gasteiger partial charge is 0.266 e. The average Bonchev–Trinajstić information content (AvgIpc) is 2.81. The number of aryl methyl sites for hydroxylation is 1. The molecule has 4 rings (SSSR count). The van der Waals surface area contributed by atoms with Crippen LogP contribution in [0.25, 0.3) is 16.6 Å². The van der Waals surface area contributed by atoms with Gasteiger partial charge in [0.2, 0.25) is 5.91 Å². The van der Waals surface area contributed by atoms with Crippen molar-refractivity contribution in [1.29, 1.82) is 0 Å². The van der Waals surface area contributed by atoms with Crippen molar-refractivity contribution in [3.05, 3.63) is 88.5 Å². The van der Waals surface area contributed by atoms with E-state index >= 15 is 0 Å². The van der Waals surface area contributed by atoms with Crippen LogP contribution in [0.1, 0.15) is 12.5 Å². The fourth-order valence-corrected chi connectivity index (χ4v) is 4.11. The van der Waals surface area contributed by atoms with E-state index in [0.29, 0.717) is 45.4 Å². The summed E-state index contributed by atoms with van der Waals surface area (Å²) in [4.78, 5) is 30.4. The van der Waals surface area contributed by atoms with Gasteiger partial charge >= 0.3 is 0 Å². The maximum atomic E-state index is 13.8. The van der Waals surface area contributed by atoms with Gasteiger partial charge in [-0.05, 0) is 67.9 Å². The van der Waals surface area contributed by atoms with Crippen molar-refractivity contribution in [3.8, 4) is 11.4 Å². The molecule has 0 bridgehead atoms. The summed E-state index contributed by atoms with van der Waals surface area (Å²) in [5.74, 6) is -0.0241. The van der Waals surface area contributed by atoms with E-state index in [1.54, 1.807) is 61.5 Å². The van der Waals surface area contributed by atoms with Crippen LogP contribution < -0.4 is 15.6 Å². The minimum Gasteiger partial charge on any atom is -0.494 e. The zero-order chi connectivity index (χ0) is 23.4. The average molecular weight is 464 g/mol. The van der Waals surface area contributed by atoms with Gasteiger partial charge in [-0.3, -0.25) is 14.2 Å². The van der Waals surface area contributed by atoms with Gasteiger partial charge in [-0.1, -0.05) is 30.0 Å². The molecule has 0 fully saturated rings. The second-order valence-corrected chi connectivity index (χ2v) is 8.22. The van der Waals surface area contributed by atoms with Crippen molar-refractivity contribution in [2.75, 3.05) is 17.7 Å². The van der Waals surface area contributed by atoms with Crippen molar-refractivity contribution in [2.45, 2.75) is 19.0 Å². The van der Waals surface area contributed by atoms with Gasteiger partial charge in [-0.2, -0.15) is 0 Å². The van der Waals surface area contributed by atoms with Gasteiger partial charge in [0.1, 0.15) is 11.6 Å². The molecule has 6 nitrogen and oxygen atoms in total. The molecule has 1 amide bonds. The van der Waals surface area contributed by atoms with E-state index in [-0.39, 0.29) is 23.0 Å². The second kappa shape index (κ2) is 9.87. The van der Waals surface area contributed by atoms with Crippen molar-refractivity contribution >= 4 is 34.3 Å². The van der Waals surface area contributed by atoms with E-state index in [1.807, 2.05) is 13.0 Å². The Morgan fingerprint density at radius 2 is 1.88 bits per heavy atom. The van der Waals surface area contributed by atoms with Crippen LogP contribution in [0.3, 0.4) is 0 Å². The van der Waals surface area contributed by atoms with Crippen molar-refractivity contribution in [1.82, 2.24) is 9.55 Å². The van der Waals surface area contributed by atoms with Gasteiger partial charge < -0.3 is 10.1 Å². The van der Waals surface area contributed by atoms with Gasteiger partial charge in [0, 0.05) is 5.69 Å². The van der Waals surface area contributed by atoms with Gasteiger partial charge in [0.15, 0.2) is 5.16 Å². The highest BCUT2D eigenvalue weighted by Crippen LogP contribution is 2.23. The van der Waals surface area contributed by atoms with Gasteiger partial charge in [-0.25, -0.2) is 9.37 Å². The summed E-state index contributed by atoms with van der Waals surface area (Å²) in [7, 11) is 0. The summed E-state index contributed by atoms with van der Waals surface area (Å²) >= 11 is 1.13. The van der Waals surface area contributed by atoms with Crippen LogP contribution in [0.2, 0.25) is 0 Å². The Bertz CT molecular complexity index is 1370. The van der Waals surface area contributed by atoms with E-state index < -0.39 is 0 Å². The number of amides is 1. The minimum atomic E-state index is -0.388. The Labute approximate surface area is 194 Å². The topological polar surface area (TPSA) is 73.2 Å². The fraction of sp³-hybridized carbons (Fsp3) is 0.160. The Balaban J connectivity index is 1.64. The summed E-state index contributed by atoms with van der Waals surface area (Å²) < 4.78 is 20.8. The maximum Gasteiger partial charge on any atom is 0.266 e. The molecule has 1 N–H and O–H groups in total. The van der Waals surface area contributed by atoms with Crippen molar-refractivity contribution in [3.63, 3.8) is 0 Å². The third-order valence-electron chi connectivity index (χ3n) is 4.94. The molecular formula is C25H22FN3O3S. The molecule has 0 unspecified atom stereocenters. The van der Waals surface area contributed by atoms with Gasteiger partial charge in [-0.15, -0.1) is 0 Å². The number of anilines is 1. The van der Waals surface area contributed by atoms with E-state index in [4.69, 9.17) is 4.74 Å². The molecule has 0 saturated carbocycles. The summed E-state index contributed by atoms with van der Waals surface area (Å²) in [6, 6.07) is 18.7. The standard InChI is InChI=1S/C25H22FN3O3S/c1-3-32-19-12-10-18(11-13-19)29-24(31)20-6-4-5-7-22(20)28-25(29)33-15-23(30)27-17-9-8-16(2)21(26)14-17/h4-14H,3,15H2,1-2H3,(H,27,30). The number of carbonyl (C=O) groups is 1. The summed E-state index contributed by atoms with van der Waals surface area (Å²) in [6.07, 6.45) is 0. The van der Waals surface area contributed by atoms with Gasteiger partial charge in [0.25, 0.3) is 5.56 Å². The third-order valence-corrected chi connectivity index (χ3v) is 5.88. The lowest BCUT2D eigenvalue weighted by atomic mass is 10.2. The molecule has 8 heteroatoms. The Morgan fingerprint density at radius 1 is 1.12 bits per heavy atom. The lowest BCUT2D eigenvalue weighted by Crippen LogP contribution is -2.23. The number of fused-ring (bicyclic) bond motifs is 1. The normalized spacial score (nSPS) is 10.9. The first-order valence-electron chi connectivity index (χ1n) is 10.4. The predicted molar refractivity (Wildman–Crippen MR) is 129 cm³/mol. The quantitative estimate of drug-likeness (QED) is 0.310. The van der Waals surface area contributed by atoms with Crippen LogP contribution in [0.15, 0.2) is 76.7 Å². The zero-order valence-corrected chi connectivity index (χ0v) is 19.0. The van der Waals surface area contributed by atoms with E-state index in [0.717, 1.165) is 11.8 Å². The molecule has 0 atom stereocenters. The van der Waals surface area contributed by atoms with Crippen LogP contribution in [0.4, 0.5) is 10.1 Å². The zero-order valence-electron chi connectivity index (χ0n) is 18.2. The minimum absolute atomic E-state index is 0.00267. The number of ether oxygens (including phenoxy) is 1. The number of para-hydroxylation sites is 1. The number of nitrogens with one attached hydrogen (secondary N) is 1. The number of benzene rings is 3. The Hall–Kier alpha value is -3.65. The van der Waals surface area contributed by atoms with Crippen LogP contribution in [0, 0.1) is 12.7 Å². The number of nitrogens with zero attached hydrogens (tertiary/aromatic N) is 2. The molecule has 0 saturated heterocycles. The highest BCUT2D eigenvalue weighted by Gasteiger charge is 2.15. The maximum absolute atomic E-state index is 13.8. The highest BCUT2D eigenvalue weighted by atomic mass is 32.2. The number of hydrogen-bond donors (Lipinski definition) is 1. The first-order chi connectivity index (χ1) is 16.0. The van der Waals surface area contributed by atoms with Crippen molar-refractivity contribution < 1.29 is 13.9 Å². The summed E-state index contributed by atoms with van der Waals surface area (Å²) in [6.45, 7) is 4.09. The monoisotopic (exact) mass is 463 g/mol. The van der Waals surface area contributed by atoms with E-state index in [1.165, 1.54) is 10.6 Å². The SMILES string of the molecule is CCOc1ccc(-n2c(SCC(=O)Nc3ccc(C)c(F)c3)nc3ccccc3c2=O)cc1. The molecule has 1 aromatic heterocycles. The Morgan fingerprint density at radius 3 is 2.61 bits per heavy atom. The largest absolute Gasteiger partial charge is 0.494 e. The molecule has 0 aliphatic rings. The number of carbonyl (C=O) groups excluding carboxylic acids is 1. The number of aromatic nitrogens is 2. The molecule has 3 aromatic carbocycles. The van der Waals surface area contributed by atoms with Gasteiger partial charge in [0.05, 0.1) is 29.0 Å². The van der Waals surface area contributed by atoms with Crippen molar-refractivity contribution in [2.24, 2.45) is 0 Å². The predicted octanol–water partition coefficient (Wildman–Crippen LogP) is 4.96. The Kier molecular flexibility index (Phi) is 6.74. The van der Waals surface area contributed by atoms with E-state index in [9.17, 15) is 14.0 Å². The molecule has 0 aliphatic carbocycles. The number of rotatable bonds is 7.